The van der Waals surface area contributed by atoms with Crippen LogP contribution >= 0.6 is 0 Å². The normalized spacial score (nSPS) is 27.2. The van der Waals surface area contributed by atoms with Crippen LogP contribution in [0.3, 0.4) is 0 Å². The molecule has 0 aromatic heterocycles. The van der Waals surface area contributed by atoms with E-state index in [1.54, 1.807) is 6.92 Å². The lowest BCUT2D eigenvalue weighted by Crippen LogP contribution is -2.47. The van der Waals surface area contributed by atoms with Gasteiger partial charge in [-0.25, -0.2) is 0 Å². The Morgan fingerprint density at radius 1 is 1.26 bits per heavy atom. The van der Waals surface area contributed by atoms with Crippen LogP contribution < -0.4 is 10.9 Å². The van der Waals surface area contributed by atoms with Crippen LogP contribution in [0, 0.1) is 0 Å². The predicted molar refractivity (Wildman–Crippen MR) is 77.9 cm³/mol. The molecule has 0 amide bonds. The number of hydrazine groups is 1. The Hall–Kier alpha value is -1.19. The summed E-state index contributed by atoms with van der Waals surface area (Å²) in [6.45, 7) is 4.75. The van der Waals surface area contributed by atoms with E-state index in [2.05, 4.69) is 29.9 Å². The molecule has 19 heavy (non-hydrogen) atoms. The molecule has 104 valence electrons. The fourth-order valence-electron chi connectivity index (χ4n) is 3.10. The largest absolute Gasteiger partial charge is 0.299 e. The summed E-state index contributed by atoms with van der Waals surface area (Å²) in [5.74, 6) is 0.306. The van der Waals surface area contributed by atoms with Gasteiger partial charge in [0.2, 0.25) is 0 Å². The molecular formula is C16H24N2O. The van der Waals surface area contributed by atoms with Gasteiger partial charge in [0.1, 0.15) is 5.78 Å². The van der Waals surface area contributed by atoms with Gasteiger partial charge in [0, 0.05) is 12.6 Å². The molecule has 1 fully saturated rings. The van der Waals surface area contributed by atoms with Crippen LogP contribution in [0.15, 0.2) is 30.3 Å². The van der Waals surface area contributed by atoms with Crippen LogP contribution in [0.25, 0.3) is 0 Å². The lowest BCUT2D eigenvalue weighted by Gasteiger charge is -2.39. The first kappa shape index (κ1) is 14.2. The molecule has 1 saturated carbocycles. The topological polar surface area (TPSA) is 41.1 Å². The van der Waals surface area contributed by atoms with Crippen molar-refractivity contribution in [3.8, 4) is 0 Å². The van der Waals surface area contributed by atoms with Crippen LogP contribution in [0.4, 0.5) is 0 Å². The number of hydrogen-bond acceptors (Lipinski definition) is 3. The molecule has 0 aliphatic heterocycles. The molecule has 1 aromatic rings. The highest BCUT2D eigenvalue weighted by Crippen LogP contribution is 2.40. The van der Waals surface area contributed by atoms with Crippen molar-refractivity contribution in [2.75, 3.05) is 6.54 Å². The van der Waals surface area contributed by atoms with Crippen molar-refractivity contribution in [3.63, 3.8) is 0 Å². The van der Waals surface area contributed by atoms with Crippen molar-refractivity contribution in [1.29, 1.82) is 0 Å². The highest BCUT2D eigenvalue weighted by Gasteiger charge is 2.40. The van der Waals surface area contributed by atoms with E-state index in [-0.39, 0.29) is 5.41 Å². The van der Waals surface area contributed by atoms with Crippen molar-refractivity contribution in [1.82, 2.24) is 10.9 Å². The molecule has 0 atom stereocenters. The molecule has 0 unspecified atom stereocenters. The molecule has 2 rings (SSSR count). The molecule has 3 nitrogen and oxygen atoms in total. The third-order valence-corrected chi connectivity index (χ3v) is 4.32. The first-order valence-electron chi connectivity index (χ1n) is 7.24. The van der Waals surface area contributed by atoms with Crippen LogP contribution in [0.2, 0.25) is 0 Å². The monoisotopic (exact) mass is 260 g/mol. The quantitative estimate of drug-likeness (QED) is 0.800. The van der Waals surface area contributed by atoms with E-state index in [1.807, 2.05) is 18.2 Å². The fourth-order valence-corrected chi connectivity index (χ4v) is 3.10. The number of Topliss-reactive ketones (excluding diaryl/α,β-unsaturated/α-hetero) is 1. The average Bonchev–Trinajstić information content (AvgIpc) is 2.46. The minimum atomic E-state index is -0.258. The summed E-state index contributed by atoms with van der Waals surface area (Å²) in [4.78, 5) is 12.2. The molecule has 1 aliphatic carbocycles. The van der Waals surface area contributed by atoms with Gasteiger partial charge in [0.25, 0.3) is 0 Å². The smallest absolute Gasteiger partial charge is 0.140 e. The van der Waals surface area contributed by atoms with E-state index in [0.29, 0.717) is 11.8 Å². The Bertz CT molecular complexity index is 408. The van der Waals surface area contributed by atoms with E-state index in [1.165, 1.54) is 5.56 Å². The van der Waals surface area contributed by atoms with Crippen molar-refractivity contribution in [3.05, 3.63) is 35.9 Å². The zero-order chi connectivity index (χ0) is 13.7. The first-order chi connectivity index (χ1) is 9.19. The summed E-state index contributed by atoms with van der Waals surface area (Å²) < 4.78 is 0. The Morgan fingerprint density at radius 3 is 2.42 bits per heavy atom. The second kappa shape index (κ2) is 6.31. The van der Waals surface area contributed by atoms with Crippen LogP contribution in [0.1, 0.15) is 45.1 Å². The van der Waals surface area contributed by atoms with Gasteiger partial charge in [0.05, 0.1) is 5.41 Å². The highest BCUT2D eigenvalue weighted by molar-refractivity contribution is 5.88. The zero-order valence-electron chi connectivity index (χ0n) is 11.9. The number of rotatable bonds is 5. The van der Waals surface area contributed by atoms with Crippen LogP contribution in [0.5, 0.6) is 0 Å². The molecule has 2 N–H and O–H groups in total. The van der Waals surface area contributed by atoms with E-state index >= 15 is 0 Å². The number of ketones is 1. The molecule has 0 radical (unpaired) electrons. The van der Waals surface area contributed by atoms with Crippen LogP contribution in [-0.2, 0) is 10.2 Å². The van der Waals surface area contributed by atoms with Gasteiger partial charge in [-0.15, -0.1) is 0 Å². The SMILES string of the molecule is CCNNC1CCC(C(C)=O)(c2ccccc2)CC1. The standard InChI is InChI=1S/C16H24N2O/c1-3-17-18-15-9-11-16(12-10-15,13(2)19)14-7-5-4-6-8-14/h4-8,15,17-18H,3,9-12H2,1-2H3. The Kier molecular flexibility index (Phi) is 4.72. The Morgan fingerprint density at radius 2 is 1.89 bits per heavy atom. The molecule has 3 heteroatoms. The van der Waals surface area contributed by atoms with E-state index in [9.17, 15) is 4.79 Å². The summed E-state index contributed by atoms with van der Waals surface area (Å²) in [7, 11) is 0. The number of hydrogen-bond donors (Lipinski definition) is 2. The van der Waals surface area contributed by atoms with Gasteiger partial charge >= 0.3 is 0 Å². The summed E-state index contributed by atoms with van der Waals surface area (Å²) in [5, 5.41) is 0. The maximum Gasteiger partial charge on any atom is 0.140 e. The predicted octanol–water partition coefficient (Wildman–Crippen LogP) is 2.57. The van der Waals surface area contributed by atoms with E-state index in [4.69, 9.17) is 0 Å². The van der Waals surface area contributed by atoms with Crippen molar-refractivity contribution < 1.29 is 4.79 Å². The van der Waals surface area contributed by atoms with Gasteiger partial charge in [0.15, 0.2) is 0 Å². The Balaban J connectivity index is 2.10. The summed E-state index contributed by atoms with van der Waals surface area (Å²) >= 11 is 0. The lowest BCUT2D eigenvalue weighted by atomic mass is 9.66. The van der Waals surface area contributed by atoms with Gasteiger partial charge in [-0.2, -0.15) is 0 Å². The van der Waals surface area contributed by atoms with Crippen LogP contribution in [-0.4, -0.2) is 18.4 Å². The zero-order valence-corrected chi connectivity index (χ0v) is 11.9. The second-order valence-corrected chi connectivity index (χ2v) is 5.45. The molecule has 1 aromatic carbocycles. The van der Waals surface area contributed by atoms with Gasteiger partial charge in [-0.3, -0.25) is 15.6 Å². The summed E-state index contributed by atoms with van der Waals surface area (Å²) in [5.41, 5.74) is 7.44. The van der Waals surface area contributed by atoms with Gasteiger partial charge in [-0.1, -0.05) is 37.3 Å². The van der Waals surface area contributed by atoms with Crippen molar-refractivity contribution in [2.24, 2.45) is 0 Å². The van der Waals surface area contributed by atoms with E-state index in [0.717, 1.165) is 32.2 Å². The molecule has 0 saturated heterocycles. The number of carbonyl (C=O) groups is 1. The number of carbonyl (C=O) groups excluding carboxylic acids is 1. The fraction of sp³-hybridized carbons (Fsp3) is 0.562. The molecule has 0 spiro atoms. The third kappa shape index (κ3) is 3.04. The highest BCUT2D eigenvalue weighted by atomic mass is 16.1. The van der Waals surface area contributed by atoms with E-state index < -0.39 is 0 Å². The first-order valence-corrected chi connectivity index (χ1v) is 7.24. The van der Waals surface area contributed by atoms with Gasteiger partial charge in [-0.05, 0) is 38.2 Å². The second-order valence-electron chi connectivity index (χ2n) is 5.45. The van der Waals surface area contributed by atoms with Gasteiger partial charge < -0.3 is 0 Å². The minimum Gasteiger partial charge on any atom is -0.299 e. The number of benzene rings is 1. The third-order valence-electron chi connectivity index (χ3n) is 4.32. The molecular weight excluding hydrogens is 236 g/mol. The summed E-state index contributed by atoms with van der Waals surface area (Å²) in [6, 6.07) is 10.7. The number of nitrogens with one attached hydrogen (secondary N) is 2. The molecule has 1 aliphatic rings. The van der Waals surface area contributed by atoms with Crippen molar-refractivity contribution in [2.45, 2.75) is 51.0 Å². The maximum absolute atomic E-state index is 12.2. The Labute approximate surface area is 115 Å². The maximum atomic E-state index is 12.2. The molecule has 0 heterocycles. The summed E-state index contributed by atoms with van der Waals surface area (Å²) in [6.07, 6.45) is 3.97. The average molecular weight is 260 g/mol. The molecule has 0 bridgehead atoms. The lowest BCUT2D eigenvalue weighted by molar-refractivity contribution is -0.123. The minimum absolute atomic E-state index is 0.258. The van der Waals surface area contributed by atoms with Crippen molar-refractivity contribution >= 4 is 5.78 Å².